The molecule has 1 rings (SSSR count). The first kappa shape index (κ1) is 17.0. The maximum atomic E-state index is 5.43. The lowest BCUT2D eigenvalue weighted by molar-refractivity contribution is 0.00988. The highest BCUT2D eigenvalue weighted by Crippen LogP contribution is 2.48. The molecule has 1 unspecified atom stereocenters. The van der Waals surface area contributed by atoms with E-state index in [9.17, 15) is 0 Å². The van der Waals surface area contributed by atoms with Gasteiger partial charge in [-0.3, -0.25) is 0 Å². The first-order valence-corrected chi connectivity index (χ1v) is 8.05. The second-order valence-corrected chi connectivity index (χ2v) is 7.64. The standard InChI is InChI=1S/C17H35NO/c1-7-18-13-17(14(2)12-19-6)10-8-15(9-11-17)16(3,4)5/h14-15,18H,7-13H2,1-6H3. The van der Waals surface area contributed by atoms with Gasteiger partial charge in [0.25, 0.3) is 0 Å². The Morgan fingerprint density at radius 1 is 1.26 bits per heavy atom. The molecule has 0 aromatic heterocycles. The summed E-state index contributed by atoms with van der Waals surface area (Å²) in [4.78, 5) is 0. The second-order valence-electron chi connectivity index (χ2n) is 7.64. The number of ether oxygens (including phenoxy) is 1. The fourth-order valence-electron chi connectivity index (χ4n) is 3.70. The Balaban J connectivity index is 2.68. The van der Waals surface area contributed by atoms with Crippen LogP contribution in [0, 0.1) is 22.7 Å². The molecular weight excluding hydrogens is 234 g/mol. The van der Waals surface area contributed by atoms with Gasteiger partial charge in [0.05, 0.1) is 0 Å². The number of hydrogen-bond donors (Lipinski definition) is 1. The quantitative estimate of drug-likeness (QED) is 0.784. The van der Waals surface area contributed by atoms with Crippen LogP contribution in [-0.2, 0) is 4.74 Å². The number of hydrogen-bond acceptors (Lipinski definition) is 2. The van der Waals surface area contributed by atoms with Gasteiger partial charge in [-0.1, -0.05) is 34.6 Å². The van der Waals surface area contributed by atoms with Gasteiger partial charge in [0, 0.05) is 20.3 Å². The lowest BCUT2D eigenvalue weighted by Crippen LogP contribution is -2.45. The molecule has 0 radical (unpaired) electrons. The lowest BCUT2D eigenvalue weighted by Gasteiger charge is -2.47. The summed E-state index contributed by atoms with van der Waals surface area (Å²) in [6, 6.07) is 0. The summed E-state index contributed by atoms with van der Waals surface area (Å²) in [5.74, 6) is 1.54. The molecule has 1 atom stereocenters. The van der Waals surface area contributed by atoms with Crippen LogP contribution in [0.1, 0.15) is 60.3 Å². The molecule has 0 spiro atoms. The van der Waals surface area contributed by atoms with E-state index in [2.05, 4.69) is 39.9 Å². The highest BCUT2D eigenvalue weighted by molar-refractivity contribution is 4.93. The maximum absolute atomic E-state index is 5.43. The maximum Gasteiger partial charge on any atom is 0.0493 e. The van der Waals surface area contributed by atoms with Crippen LogP contribution >= 0.6 is 0 Å². The van der Waals surface area contributed by atoms with Crippen LogP contribution in [0.2, 0.25) is 0 Å². The zero-order valence-electron chi connectivity index (χ0n) is 14.0. The molecule has 2 nitrogen and oxygen atoms in total. The normalized spacial score (nSPS) is 30.3. The third kappa shape index (κ3) is 4.46. The predicted octanol–water partition coefficient (Wildman–Crippen LogP) is 4.10. The van der Waals surface area contributed by atoms with Crippen molar-refractivity contribution in [3.05, 3.63) is 0 Å². The molecule has 0 aromatic carbocycles. The van der Waals surface area contributed by atoms with E-state index in [1.807, 2.05) is 7.11 Å². The van der Waals surface area contributed by atoms with Gasteiger partial charge in [-0.15, -0.1) is 0 Å². The fourth-order valence-corrected chi connectivity index (χ4v) is 3.70. The number of methoxy groups -OCH3 is 1. The molecule has 0 aromatic rings. The van der Waals surface area contributed by atoms with Gasteiger partial charge in [0.1, 0.15) is 0 Å². The minimum absolute atomic E-state index is 0.452. The molecule has 0 aliphatic heterocycles. The molecule has 1 aliphatic rings. The fraction of sp³-hybridized carbons (Fsp3) is 1.00. The van der Waals surface area contributed by atoms with Gasteiger partial charge in [0.15, 0.2) is 0 Å². The molecule has 1 saturated carbocycles. The summed E-state index contributed by atoms with van der Waals surface area (Å²) < 4.78 is 5.43. The van der Waals surface area contributed by atoms with E-state index in [1.54, 1.807) is 0 Å². The summed E-state index contributed by atoms with van der Waals surface area (Å²) in [7, 11) is 1.83. The largest absolute Gasteiger partial charge is 0.384 e. The van der Waals surface area contributed by atoms with Crippen molar-refractivity contribution in [2.24, 2.45) is 22.7 Å². The Morgan fingerprint density at radius 2 is 1.84 bits per heavy atom. The molecular formula is C17H35NO. The molecule has 0 heterocycles. The Morgan fingerprint density at radius 3 is 2.26 bits per heavy atom. The molecule has 0 saturated heterocycles. The van der Waals surface area contributed by atoms with Crippen LogP contribution in [0.25, 0.3) is 0 Å². The van der Waals surface area contributed by atoms with Crippen molar-refractivity contribution in [1.82, 2.24) is 5.32 Å². The molecule has 0 amide bonds. The average Bonchev–Trinajstić information content (AvgIpc) is 2.36. The van der Waals surface area contributed by atoms with Gasteiger partial charge in [0.2, 0.25) is 0 Å². The monoisotopic (exact) mass is 269 g/mol. The third-order valence-corrected chi connectivity index (χ3v) is 5.40. The van der Waals surface area contributed by atoms with E-state index in [0.717, 1.165) is 25.6 Å². The summed E-state index contributed by atoms with van der Waals surface area (Å²) >= 11 is 0. The van der Waals surface area contributed by atoms with Gasteiger partial charge in [-0.05, 0) is 54.9 Å². The highest BCUT2D eigenvalue weighted by Gasteiger charge is 2.41. The van der Waals surface area contributed by atoms with Crippen LogP contribution in [0.5, 0.6) is 0 Å². The highest BCUT2D eigenvalue weighted by atomic mass is 16.5. The smallest absolute Gasteiger partial charge is 0.0493 e. The van der Waals surface area contributed by atoms with Crippen molar-refractivity contribution in [1.29, 1.82) is 0 Å². The molecule has 114 valence electrons. The first-order valence-electron chi connectivity index (χ1n) is 8.05. The molecule has 19 heavy (non-hydrogen) atoms. The van der Waals surface area contributed by atoms with Crippen LogP contribution < -0.4 is 5.32 Å². The van der Waals surface area contributed by atoms with E-state index in [4.69, 9.17) is 4.74 Å². The summed E-state index contributed by atoms with van der Waals surface area (Å²) in [5, 5.41) is 3.60. The van der Waals surface area contributed by atoms with Crippen LogP contribution in [0.3, 0.4) is 0 Å². The van der Waals surface area contributed by atoms with Gasteiger partial charge in [-0.25, -0.2) is 0 Å². The van der Waals surface area contributed by atoms with Crippen LogP contribution in [0.4, 0.5) is 0 Å². The average molecular weight is 269 g/mol. The molecule has 1 aliphatic carbocycles. The van der Waals surface area contributed by atoms with E-state index < -0.39 is 0 Å². The lowest BCUT2D eigenvalue weighted by atomic mass is 9.60. The Labute approximate surface area is 120 Å². The van der Waals surface area contributed by atoms with Crippen molar-refractivity contribution in [3.8, 4) is 0 Å². The molecule has 2 heteroatoms. The number of nitrogens with one attached hydrogen (secondary N) is 1. The third-order valence-electron chi connectivity index (χ3n) is 5.40. The Bertz CT molecular complexity index is 248. The van der Waals surface area contributed by atoms with Crippen molar-refractivity contribution >= 4 is 0 Å². The van der Waals surface area contributed by atoms with E-state index in [0.29, 0.717) is 16.7 Å². The summed E-state index contributed by atoms with van der Waals surface area (Å²) in [6.45, 7) is 14.9. The topological polar surface area (TPSA) is 21.3 Å². The van der Waals surface area contributed by atoms with Crippen LogP contribution in [0.15, 0.2) is 0 Å². The Hall–Kier alpha value is -0.0800. The zero-order valence-corrected chi connectivity index (χ0v) is 14.0. The van der Waals surface area contributed by atoms with Crippen molar-refractivity contribution in [2.45, 2.75) is 60.3 Å². The van der Waals surface area contributed by atoms with Gasteiger partial charge < -0.3 is 10.1 Å². The first-order chi connectivity index (χ1) is 8.85. The van der Waals surface area contributed by atoms with E-state index >= 15 is 0 Å². The van der Waals surface area contributed by atoms with Crippen molar-refractivity contribution < 1.29 is 4.74 Å². The number of rotatable bonds is 6. The minimum atomic E-state index is 0.452. The molecule has 1 N–H and O–H groups in total. The second kappa shape index (κ2) is 7.08. The molecule has 1 fully saturated rings. The SMILES string of the molecule is CCNCC1(C(C)COC)CCC(C(C)(C)C)CC1. The van der Waals surface area contributed by atoms with E-state index in [1.165, 1.54) is 25.7 Å². The van der Waals surface area contributed by atoms with Gasteiger partial charge in [-0.2, -0.15) is 0 Å². The van der Waals surface area contributed by atoms with Crippen LogP contribution in [-0.4, -0.2) is 26.8 Å². The molecule has 0 bridgehead atoms. The minimum Gasteiger partial charge on any atom is -0.384 e. The Kier molecular flexibility index (Phi) is 6.32. The van der Waals surface area contributed by atoms with Crippen molar-refractivity contribution in [3.63, 3.8) is 0 Å². The van der Waals surface area contributed by atoms with Gasteiger partial charge >= 0.3 is 0 Å². The summed E-state index contributed by atoms with van der Waals surface area (Å²) in [5.41, 5.74) is 0.919. The summed E-state index contributed by atoms with van der Waals surface area (Å²) in [6.07, 6.45) is 5.46. The predicted molar refractivity (Wildman–Crippen MR) is 83.4 cm³/mol. The zero-order chi connectivity index (χ0) is 14.5. The van der Waals surface area contributed by atoms with E-state index in [-0.39, 0.29) is 0 Å². The van der Waals surface area contributed by atoms with Crippen molar-refractivity contribution in [2.75, 3.05) is 26.8 Å².